The highest BCUT2D eigenvalue weighted by Crippen LogP contribution is 2.40. The Morgan fingerprint density at radius 1 is 0.821 bits per heavy atom. The number of Topliss-reactive ketones (excluding diaryl/α,β-unsaturated/α-hetero) is 2. The third-order valence-electron chi connectivity index (χ3n) is 3.88. The summed E-state index contributed by atoms with van der Waals surface area (Å²) in [5, 5.41) is 0. The molecule has 0 atom stereocenters. The van der Waals surface area contributed by atoms with Crippen LogP contribution >= 0.6 is 0 Å². The van der Waals surface area contributed by atoms with E-state index in [1.165, 1.54) is 6.92 Å². The molecule has 1 aromatic rings. The number of carbonyl (C=O) groups is 2. The average molecular weight is 391 g/mol. The zero-order valence-corrected chi connectivity index (χ0v) is 17.9. The summed E-state index contributed by atoms with van der Waals surface area (Å²) in [6.45, 7) is 11.1. The van der Waals surface area contributed by atoms with Gasteiger partial charge in [-0.15, -0.1) is 0 Å². The Bertz CT molecular complexity index is 647. The SMILES string of the molecule is CCCOc1cc(/C=C(\C(C)=O)C(=O)CCC)cc(OCCC)c1OCCC. The minimum Gasteiger partial charge on any atom is -0.490 e. The molecule has 5 heteroatoms. The quantitative estimate of drug-likeness (QED) is 0.242. The van der Waals surface area contributed by atoms with E-state index in [9.17, 15) is 9.59 Å². The topological polar surface area (TPSA) is 61.8 Å². The number of allylic oxidation sites excluding steroid dienone is 1. The lowest BCUT2D eigenvalue weighted by atomic mass is 10.0. The fraction of sp³-hybridized carbons (Fsp3) is 0.565. The van der Waals surface area contributed by atoms with E-state index >= 15 is 0 Å². The van der Waals surface area contributed by atoms with E-state index in [1.54, 1.807) is 6.08 Å². The summed E-state index contributed by atoms with van der Waals surface area (Å²) in [5.41, 5.74) is 0.891. The molecule has 0 aliphatic carbocycles. The minimum absolute atomic E-state index is 0.145. The van der Waals surface area contributed by atoms with Gasteiger partial charge in [-0.2, -0.15) is 0 Å². The predicted molar refractivity (Wildman–Crippen MR) is 112 cm³/mol. The van der Waals surface area contributed by atoms with Crippen LogP contribution < -0.4 is 14.2 Å². The lowest BCUT2D eigenvalue weighted by molar-refractivity contribution is -0.120. The molecule has 0 N–H and O–H groups in total. The molecule has 0 aromatic heterocycles. The molecule has 1 rings (SSSR count). The minimum atomic E-state index is -0.239. The highest BCUT2D eigenvalue weighted by Gasteiger charge is 2.18. The van der Waals surface area contributed by atoms with Gasteiger partial charge in [-0.3, -0.25) is 9.59 Å². The smallest absolute Gasteiger partial charge is 0.203 e. The molecule has 0 heterocycles. The summed E-state index contributed by atoms with van der Waals surface area (Å²) >= 11 is 0. The molecule has 0 amide bonds. The first-order valence-corrected chi connectivity index (χ1v) is 10.3. The van der Waals surface area contributed by atoms with E-state index < -0.39 is 0 Å². The summed E-state index contributed by atoms with van der Waals surface area (Å²) in [7, 11) is 0. The number of rotatable bonds is 14. The third kappa shape index (κ3) is 7.37. The van der Waals surface area contributed by atoms with Gasteiger partial charge in [0.15, 0.2) is 23.1 Å². The van der Waals surface area contributed by atoms with Crippen molar-refractivity contribution >= 4 is 17.6 Å². The second-order valence-corrected chi connectivity index (χ2v) is 6.68. The fourth-order valence-electron chi connectivity index (χ4n) is 2.57. The van der Waals surface area contributed by atoms with Crippen molar-refractivity contribution in [2.75, 3.05) is 19.8 Å². The van der Waals surface area contributed by atoms with Gasteiger partial charge < -0.3 is 14.2 Å². The van der Waals surface area contributed by atoms with Crippen LogP contribution in [0.2, 0.25) is 0 Å². The molecule has 0 radical (unpaired) electrons. The van der Waals surface area contributed by atoms with Crippen LogP contribution in [-0.4, -0.2) is 31.4 Å². The molecular weight excluding hydrogens is 356 g/mol. The van der Waals surface area contributed by atoms with Crippen molar-refractivity contribution in [2.24, 2.45) is 0 Å². The number of benzene rings is 1. The Morgan fingerprint density at radius 3 is 1.75 bits per heavy atom. The van der Waals surface area contributed by atoms with Crippen LogP contribution in [0.25, 0.3) is 6.08 Å². The van der Waals surface area contributed by atoms with Gasteiger partial charge in [0.05, 0.1) is 25.4 Å². The lowest BCUT2D eigenvalue weighted by Gasteiger charge is -2.18. The molecule has 5 nitrogen and oxygen atoms in total. The largest absolute Gasteiger partial charge is 0.490 e. The van der Waals surface area contributed by atoms with E-state index in [-0.39, 0.29) is 17.1 Å². The summed E-state index contributed by atoms with van der Waals surface area (Å²) in [6.07, 6.45) is 5.24. The Morgan fingerprint density at radius 2 is 1.32 bits per heavy atom. The van der Waals surface area contributed by atoms with Crippen molar-refractivity contribution in [3.05, 3.63) is 23.3 Å². The number of hydrogen-bond donors (Lipinski definition) is 0. The second kappa shape index (κ2) is 13.0. The summed E-state index contributed by atoms with van der Waals surface area (Å²) in [6, 6.07) is 3.61. The van der Waals surface area contributed by atoms with Gasteiger partial charge in [0, 0.05) is 6.42 Å². The summed E-state index contributed by atoms with van der Waals surface area (Å²) < 4.78 is 17.7. The third-order valence-corrected chi connectivity index (χ3v) is 3.88. The van der Waals surface area contributed by atoms with E-state index in [1.807, 2.05) is 39.8 Å². The monoisotopic (exact) mass is 390 g/mol. The van der Waals surface area contributed by atoms with Crippen molar-refractivity contribution in [3.63, 3.8) is 0 Å². The molecule has 0 saturated carbocycles. The van der Waals surface area contributed by atoms with Gasteiger partial charge in [0.25, 0.3) is 0 Å². The molecule has 28 heavy (non-hydrogen) atoms. The Labute approximate surface area is 169 Å². The normalized spacial score (nSPS) is 11.2. The van der Waals surface area contributed by atoms with Crippen LogP contribution in [0.3, 0.4) is 0 Å². The number of carbonyl (C=O) groups excluding carboxylic acids is 2. The van der Waals surface area contributed by atoms with Crippen molar-refractivity contribution in [1.82, 2.24) is 0 Å². The standard InChI is InChI=1S/C23H34O5/c1-6-10-20(25)19(17(5)24)14-18-15-21(26-11-7-2)23(28-13-9-4)22(16-18)27-12-8-3/h14-16H,6-13H2,1-5H3/b19-14+. The molecule has 0 spiro atoms. The Kier molecular flexibility index (Phi) is 11.0. The van der Waals surface area contributed by atoms with Crippen molar-refractivity contribution in [3.8, 4) is 17.2 Å². The molecule has 0 unspecified atom stereocenters. The molecule has 1 aromatic carbocycles. The number of ketones is 2. The molecule has 156 valence electrons. The fourth-order valence-corrected chi connectivity index (χ4v) is 2.57. The van der Waals surface area contributed by atoms with E-state index in [2.05, 4.69) is 0 Å². The van der Waals surface area contributed by atoms with Gasteiger partial charge in [-0.05, 0) is 56.4 Å². The van der Waals surface area contributed by atoms with Gasteiger partial charge in [-0.1, -0.05) is 27.7 Å². The Hall–Kier alpha value is -2.30. The van der Waals surface area contributed by atoms with Crippen LogP contribution in [0.4, 0.5) is 0 Å². The average Bonchev–Trinajstić information content (AvgIpc) is 2.67. The highest BCUT2D eigenvalue weighted by molar-refractivity contribution is 6.22. The molecule has 0 aliphatic heterocycles. The first-order chi connectivity index (χ1) is 13.5. The second-order valence-electron chi connectivity index (χ2n) is 6.68. The van der Waals surface area contributed by atoms with E-state index in [4.69, 9.17) is 14.2 Å². The van der Waals surface area contributed by atoms with Gasteiger partial charge in [-0.25, -0.2) is 0 Å². The first kappa shape index (κ1) is 23.7. The van der Waals surface area contributed by atoms with Gasteiger partial charge in [0.2, 0.25) is 5.75 Å². The van der Waals surface area contributed by atoms with Crippen LogP contribution in [0, 0.1) is 0 Å². The van der Waals surface area contributed by atoms with Crippen LogP contribution in [0.1, 0.15) is 72.3 Å². The molecule has 0 saturated heterocycles. The van der Waals surface area contributed by atoms with Crippen molar-refractivity contribution < 1.29 is 23.8 Å². The molecule has 0 bridgehead atoms. The zero-order valence-electron chi connectivity index (χ0n) is 17.9. The lowest BCUT2D eigenvalue weighted by Crippen LogP contribution is -2.10. The van der Waals surface area contributed by atoms with Crippen LogP contribution in [-0.2, 0) is 9.59 Å². The molecule has 0 fully saturated rings. The maximum Gasteiger partial charge on any atom is 0.203 e. The Balaban J connectivity index is 3.45. The van der Waals surface area contributed by atoms with Gasteiger partial charge in [0.1, 0.15) is 0 Å². The molecule has 0 aliphatic rings. The van der Waals surface area contributed by atoms with Crippen molar-refractivity contribution in [1.29, 1.82) is 0 Å². The number of ether oxygens (including phenoxy) is 3. The van der Waals surface area contributed by atoms with Crippen molar-refractivity contribution in [2.45, 2.75) is 66.7 Å². The number of hydrogen-bond acceptors (Lipinski definition) is 5. The first-order valence-electron chi connectivity index (χ1n) is 10.3. The highest BCUT2D eigenvalue weighted by atomic mass is 16.5. The maximum atomic E-state index is 12.3. The predicted octanol–water partition coefficient (Wildman–Crippen LogP) is 5.39. The molecular formula is C23H34O5. The van der Waals surface area contributed by atoms with Crippen LogP contribution in [0.15, 0.2) is 17.7 Å². The van der Waals surface area contributed by atoms with E-state index in [0.29, 0.717) is 55.5 Å². The summed E-state index contributed by atoms with van der Waals surface area (Å²) in [4.78, 5) is 24.3. The van der Waals surface area contributed by atoms with E-state index in [0.717, 1.165) is 19.3 Å². The maximum absolute atomic E-state index is 12.3. The summed E-state index contributed by atoms with van der Waals surface area (Å²) in [5.74, 6) is 1.33. The van der Waals surface area contributed by atoms with Crippen LogP contribution in [0.5, 0.6) is 17.2 Å². The van der Waals surface area contributed by atoms with Gasteiger partial charge >= 0.3 is 0 Å². The zero-order chi connectivity index (χ0) is 20.9.